The minimum atomic E-state index is 0.0216. The normalized spacial score (nSPS) is 23.7. The molecule has 1 N–H and O–H groups in total. The monoisotopic (exact) mass is 333 g/mol. The standard InChI is InChI=1S/C18H31N5O/c1-13(11-17-14(2)20-21(4)15(17)3)18(24)23-8-5-16(12-23)22-9-6-19-7-10-22/h13,16,19H,5-12H2,1-4H3. The van der Waals surface area contributed by atoms with Crippen LogP contribution in [0.4, 0.5) is 0 Å². The van der Waals surface area contributed by atoms with Crippen LogP contribution in [0.5, 0.6) is 0 Å². The van der Waals surface area contributed by atoms with Gasteiger partial charge in [-0.15, -0.1) is 0 Å². The van der Waals surface area contributed by atoms with Gasteiger partial charge in [-0.2, -0.15) is 5.10 Å². The van der Waals surface area contributed by atoms with Crippen LogP contribution >= 0.6 is 0 Å². The van der Waals surface area contributed by atoms with E-state index < -0.39 is 0 Å². The van der Waals surface area contributed by atoms with Crippen molar-refractivity contribution in [3.63, 3.8) is 0 Å². The highest BCUT2D eigenvalue weighted by Crippen LogP contribution is 2.22. The molecule has 1 aromatic rings. The lowest BCUT2D eigenvalue weighted by atomic mass is 9.98. The predicted octanol–water partition coefficient (Wildman–Crippen LogP) is 0.722. The van der Waals surface area contributed by atoms with Gasteiger partial charge in [-0.25, -0.2) is 0 Å². The van der Waals surface area contributed by atoms with Crippen LogP contribution < -0.4 is 5.32 Å². The predicted molar refractivity (Wildman–Crippen MR) is 95.0 cm³/mol. The lowest BCUT2D eigenvalue weighted by Gasteiger charge is -2.32. The number of carbonyl (C=O) groups excluding carboxylic acids is 1. The number of aryl methyl sites for hydroxylation is 2. The molecule has 3 heterocycles. The highest BCUT2D eigenvalue weighted by molar-refractivity contribution is 5.79. The Hall–Kier alpha value is -1.40. The number of carbonyl (C=O) groups is 1. The van der Waals surface area contributed by atoms with E-state index in [1.165, 1.54) is 11.3 Å². The first kappa shape index (κ1) is 17.4. The zero-order valence-electron chi connectivity index (χ0n) is 15.5. The van der Waals surface area contributed by atoms with Gasteiger partial charge < -0.3 is 10.2 Å². The molecule has 0 radical (unpaired) electrons. The van der Waals surface area contributed by atoms with Crippen LogP contribution in [0.15, 0.2) is 0 Å². The number of rotatable bonds is 4. The van der Waals surface area contributed by atoms with E-state index in [1.54, 1.807) is 0 Å². The van der Waals surface area contributed by atoms with E-state index in [-0.39, 0.29) is 5.92 Å². The average molecular weight is 333 g/mol. The zero-order chi connectivity index (χ0) is 17.3. The van der Waals surface area contributed by atoms with Crippen LogP contribution in [-0.4, -0.2) is 70.8 Å². The molecule has 2 fully saturated rings. The van der Waals surface area contributed by atoms with Crippen molar-refractivity contribution < 1.29 is 4.79 Å². The average Bonchev–Trinajstić information content (AvgIpc) is 3.16. The molecule has 0 saturated carbocycles. The van der Waals surface area contributed by atoms with Crippen molar-refractivity contribution >= 4 is 5.91 Å². The highest BCUT2D eigenvalue weighted by atomic mass is 16.2. The van der Waals surface area contributed by atoms with E-state index in [9.17, 15) is 4.79 Å². The summed E-state index contributed by atoms with van der Waals surface area (Å²) in [5, 5.41) is 7.87. The summed E-state index contributed by atoms with van der Waals surface area (Å²) in [5.74, 6) is 0.323. The Bertz CT molecular complexity index is 590. The van der Waals surface area contributed by atoms with Crippen molar-refractivity contribution in [2.75, 3.05) is 39.3 Å². The Kier molecular flexibility index (Phi) is 5.25. The first-order chi connectivity index (χ1) is 11.5. The molecule has 134 valence electrons. The second-order valence-corrected chi connectivity index (χ2v) is 7.39. The fourth-order valence-electron chi connectivity index (χ4n) is 4.11. The summed E-state index contributed by atoms with van der Waals surface area (Å²) in [4.78, 5) is 17.5. The molecular weight excluding hydrogens is 302 g/mol. The molecule has 6 heteroatoms. The molecule has 1 aromatic heterocycles. The molecule has 0 aromatic carbocycles. The number of likely N-dealkylation sites (tertiary alicyclic amines) is 1. The molecule has 2 aliphatic heterocycles. The fraction of sp³-hybridized carbons (Fsp3) is 0.778. The van der Waals surface area contributed by atoms with Gasteiger partial charge in [-0.3, -0.25) is 14.4 Å². The smallest absolute Gasteiger partial charge is 0.225 e. The molecule has 0 spiro atoms. The number of nitrogens with zero attached hydrogens (tertiary/aromatic N) is 4. The van der Waals surface area contributed by atoms with Crippen LogP contribution in [0.1, 0.15) is 30.3 Å². The zero-order valence-corrected chi connectivity index (χ0v) is 15.5. The number of hydrogen-bond donors (Lipinski definition) is 1. The SMILES string of the molecule is Cc1nn(C)c(C)c1CC(C)C(=O)N1CCC(N2CCNCC2)C1. The van der Waals surface area contributed by atoms with Crippen molar-refractivity contribution in [1.29, 1.82) is 0 Å². The van der Waals surface area contributed by atoms with Crippen LogP contribution in [-0.2, 0) is 18.3 Å². The summed E-state index contributed by atoms with van der Waals surface area (Å²) in [6.45, 7) is 12.3. The van der Waals surface area contributed by atoms with Gasteiger partial charge in [0.05, 0.1) is 5.69 Å². The van der Waals surface area contributed by atoms with Gasteiger partial charge in [-0.1, -0.05) is 6.92 Å². The van der Waals surface area contributed by atoms with Gasteiger partial charge in [0.1, 0.15) is 0 Å². The van der Waals surface area contributed by atoms with Crippen molar-refractivity contribution in [3.8, 4) is 0 Å². The van der Waals surface area contributed by atoms with Gasteiger partial charge in [-0.05, 0) is 32.3 Å². The summed E-state index contributed by atoms with van der Waals surface area (Å²) >= 11 is 0. The number of hydrogen-bond acceptors (Lipinski definition) is 4. The third-order valence-corrected chi connectivity index (χ3v) is 5.73. The number of amides is 1. The lowest BCUT2D eigenvalue weighted by Crippen LogP contribution is -2.49. The van der Waals surface area contributed by atoms with Crippen molar-refractivity contribution in [2.45, 2.75) is 39.7 Å². The molecule has 2 saturated heterocycles. The molecule has 6 nitrogen and oxygen atoms in total. The van der Waals surface area contributed by atoms with Crippen molar-refractivity contribution in [2.24, 2.45) is 13.0 Å². The first-order valence-corrected chi connectivity index (χ1v) is 9.20. The molecule has 0 aliphatic carbocycles. The molecule has 1 amide bonds. The van der Waals surface area contributed by atoms with Crippen LogP contribution in [0, 0.1) is 19.8 Å². The quantitative estimate of drug-likeness (QED) is 0.882. The molecule has 0 bridgehead atoms. The van der Waals surface area contributed by atoms with Crippen LogP contribution in [0.3, 0.4) is 0 Å². The molecule has 2 unspecified atom stereocenters. The minimum Gasteiger partial charge on any atom is -0.341 e. The maximum atomic E-state index is 12.9. The Morgan fingerprint density at radius 2 is 2.00 bits per heavy atom. The molecular formula is C18H31N5O. The Balaban J connectivity index is 1.58. The van der Waals surface area contributed by atoms with Crippen molar-refractivity contribution in [3.05, 3.63) is 17.0 Å². The molecule has 2 aliphatic rings. The minimum absolute atomic E-state index is 0.0216. The summed E-state index contributed by atoms with van der Waals surface area (Å²) in [6, 6.07) is 0.546. The lowest BCUT2D eigenvalue weighted by molar-refractivity contribution is -0.134. The summed E-state index contributed by atoms with van der Waals surface area (Å²) in [6.07, 6.45) is 1.91. The topological polar surface area (TPSA) is 53.4 Å². The largest absolute Gasteiger partial charge is 0.341 e. The summed E-state index contributed by atoms with van der Waals surface area (Å²) < 4.78 is 1.91. The Morgan fingerprint density at radius 3 is 2.62 bits per heavy atom. The molecule has 24 heavy (non-hydrogen) atoms. The summed E-state index contributed by atoms with van der Waals surface area (Å²) in [7, 11) is 1.97. The van der Waals surface area contributed by atoms with Crippen LogP contribution in [0.25, 0.3) is 0 Å². The van der Waals surface area contributed by atoms with E-state index >= 15 is 0 Å². The van der Waals surface area contributed by atoms with Gasteiger partial charge >= 0.3 is 0 Å². The van der Waals surface area contributed by atoms with E-state index in [0.29, 0.717) is 11.9 Å². The Labute approximate surface area is 145 Å². The fourth-order valence-corrected chi connectivity index (χ4v) is 4.11. The van der Waals surface area contributed by atoms with Gasteiger partial charge in [0.25, 0.3) is 0 Å². The van der Waals surface area contributed by atoms with E-state index in [0.717, 1.165) is 57.8 Å². The van der Waals surface area contributed by atoms with Gasteiger partial charge in [0.15, 0.2) is 0 Å². The van der Waals surface area contributed by atoms with E-state index in [2.05, 4.69) is 34.1 Å². The third-order valence-electron chi connectivity index (χ3n) is 5.73. The molecule has 2 atom stereocenters. The first-order valence-electron chi connectivity index (χ1n) is 9.20. The highest BCUT2D eigenvalue weighted by Gasteiger charge is 2.33. The number of aromatic nitrogens is 2. The molecule has 3 rings (SSSR count). The Morgan fingerprint density at radius 1 is 1.29 bits per heavy atom. The second kappa shape index (κ2) is 7.23. The van der Waals surface area contributed by atoms with Crippen molar-refractivity contribution in [1.82, 2.24) is 24.9 Å². The van der Waals surface area contributed by atoms with Crippen LogP contribution in [0.2, 0.25) is 0 Å². The number of piperazine rings is 1. The second-order valence-electron chi connectivity index (χ2n) is 7.39. The summed E-state index contributed by atoms with van der Waals surface area (Å²) in [5.41, 5.74) is 3.46. The maximum absolute atomic E-state index is 12.9. The maximum Gasteiger partial charge on any atom is 0.225 e. The van der Waals surface area contributed by atoms with E-state index in [4.69, 9.17) is 0 Å². The number of nitrogens with one attached hydrogen (secondary N) is 1. The van der Waals surface area contributed by atoms with E-state index in [1.807, 2.05) is 18.7 Å². The van der Waals surface area contributed by atoms with Gasteiger partial charge in [0, 0.05) is 64.0 Å². The third kappa shape index (κ3) is 3.49. The van der Waals surface area contributed by atoms with Gasteiger partial charge in [0.2, 0.25) is 5.91 Å².